The van der Waals surface area contributed by atoms with Crippen molar-refractivity contribution in [2.45, 2.75) is 24.8 Å². The molecule has 1 heterocycles. The zero-order valence-electron chi connectivity index (χ0n) is 9.65. The highest BCUT2D eigenvalue weighted by Gasteiger charge is 2.37. The number of benzene rings is 1. The van der Waals surface area contributed by atoms with Crippen molar-refractivity contribution >= 4 is 0 Å². The first-order valence-corrected chi connectivity index (χ1v) is 5.92. The molecule has 1 atom stereocenters. The lowest BCUT2D eigenvalue weighted by molar-refractivity contribution is -0.0448. The average molecular weight is 241 g/mol. The van der Waals surface area contributed by atoms with E-state index in [0.29, 0.717) is 6.54 Å². The first kappa shape index (κ1) is 12.5. The van der Waals surface area contributed by atoms with Gasteiger partial charge in [-0.3, -0.25) is 4.90 Å². The van der Waals surface area contributed by atoms with Crippen LogP contribution in [0.15, 0.2) is 30.3 Å². The molecule has 94 valence electrons. The molecule has 0 amide bonds. The van der Waals surface area contributed by atoms with Gasteiger partial charge in [0.25, 0.3) is 5.92 Å². The summed E-state index contributed by atoms with van der Waals surface area (Å²) in [5.41, 5.74) is 0.0450. The fourth-order valence-electron chi connectivity index (χ4n) is 2.34. The van der Waals surface area contributed by atoms with Crippen molar-refractivity contribution in [1.82, 2.24) is 4.90 Å². The van der Waals surface area contributed by atoms with Crippen LogP contribution in [-0.4, -0.2) is 35.7 Å². The first-order valence-electron chi connectivity index (χ1n) is 5.92. The summed E-state index contributed by atoms with van der Waals surface area (Å²) in [7, 11) is 0. The molecule has 0 unspecified atom stereocenters. The molecule has 0 radical (unpaired) electrons. The minimum atomic E-state index is -2.85. The Labute approximate surface area is 99.9 Å². The number of aliphatic hydroxyl groups is 1. The van der Waals surface area contributed by atoms with Crippen molar-refractivity contribution in [1.29, 1.82) is 0 Å². The Kier molecular flexibility index (Phi) is 3.74. The molecule has 2 rings (SSSR count). The number of likely N-dealkylation sites (tertiary alicyclic amines) is 1. The molecule has 1 aliphatic heterocycles. The van der Waals surface area contributed by atoms with Gasteiger partial charge in [-0.1, -0.05) is 30.3 Å². The highest BCUT2D eigenvalue weighted by molar-refractivity contribution is 5.20. The molecule has 4 heteroatoms. The van der Waals surface area contributed by atoms with Crippen LogP contribution in [-0.2, 0) is 5.92 Å². The molecule has 1 aromatic rings. The average Bonchev–Trinajstić information content (AvgIpc) is 2.77. The molecule has 1 N–H and O–H groups in total. The lowest BCUT2D eigenvalue weighted by Crippen LogP contribution is -2.40. The van der Waals surface area contributed by atoms with Crippen molar-refractivity contribution in [3.63, 3.8) is 0 Å². The highest BCUT2D eigenvalue weighted by atomic mass is 19.3. The van der Waals surface area contributed by atoms with E-state index in [1.54, 1.807) is 23.1 Å². The normalized spacial score (nSPS) is 21.9. The predicted molar refractivity (Wildman–Crippen MR) is 62.0 cm³/mol. The Balaban J connectivity index is 2.07. The molecule has 2 nitrogen and oxygen atoms in total. The molecule has 0 aliphatic carbocycles. The van der Waals surface area contributed by atoms with Crippen LogP contribution in [0.3, 0.4) is 0 Å². The fraction of sp³-hybridized carbons (Fsp3) is 0.538. The van der Waals surface area contributed by atoms with Crippen molar-refractivity contribution in [3.05, 3.63) is 35.9 Å². The van der Waals surface area contributed by atoms with E-state index >= 15 is 0 Å². The Bertz CT molecular complexity index is 356. The Morgan fingerprint density at radius 1 is 1.29 bits per heavy atom. The summed E-state index contributed by atoms with van der Waals surface area (Å²) in [6.07, 6.45) is 1.69. The number of nitrogens with zero attached hydrogens (tertiary/aromatic N) is 1. The molecule has 1 fully saturated rings. The van der Waals surface area contributed by atoms with Crippen molar-refractivity contribution in [3.8, 4) is 0 Å². The summed E-state index contributed by atoms with van der Waals surface area (Å²) >= 11 is 0. The minimum Gasteiger partial charge on any atom is -0.395 e. The van der Waals surface area contributed by atoms with Crippen molar-refractivity contribution < 1.29 is 13.9 Å². The molecule has 1 aliphatic rings. The zero-order valence-corrected chi connectivity index (χ0v) is 9.65. The third-order valence-corrected chi connectivity index (χ3v) is 3.31. The van der Waals surface area contributed by atoms with Crippen LogP contribution in [0.4, 0.5) is 8.78 Å². The molecule has 0 bridgehead atoms. The molecule has 1 aromatic carbocycles. The van der Waals surface area contributed by atoms with Gasteiger partial charge in [0.05, 0.1) is 13.2 Å². The fourth-order valence-corrected chi connectivity index (χ4v) is 2.34. The third-order valence-electron chi connectivity index (χ3n) is 3.31. The number of hydrogen-bond donors (Lipinski definition) is 1. The predicted octanol–water partition coefficient (Wildman–Crippen LogP) is 2.24. The summed E-state index contributed by atoms with van der Waals surface area (Å²) < 4.78 is 28.0. The van der Waals surface area contributed by atoms with Crippen molar-refractivity contribution in [2.24, 2.45) is 0 Å². The van der Waals surface area contributed by atoms with Crippen LogP contribution in [0.2, 0.25) is 0 Å². The summed E-state index contributed by atoms with van der Waals surface area (Å²) in [6, 6.07) is 7.76. The number of alkyl halides is 2. The van der Waals surface area contributed by atoms with E-state index in [1.165, 1.54) is 12.1 Å². The SMILES string of the molecule is OC[C@H]1CCCN1CC(F)(F)c1ccccc1. The summed E-state index contributed by atoms with van der Waals surface area (Å²) in [6.45, 7) is 0.306. The Morgan fingerprint density at radius 2 is 2.00 bits per heavy atom. The Morgan fingerprint density at radius 3 is 2.65 bits per heavy atom. The third kappa shape index (κ3) is 2.82. The number of rotatable bonds is 4. The van der Waals surface area contributed by atoms with Gasteiger partial charge in [-0.25, -0.2) is 0 Å². The lowest BCUT2D eigenvalue weighted by Gasteiger charge is -2.27. The number of aliphatic hydroxyl groups excluding tert-OH is 1. The number of hydrogen-bond acceptors (Lipinski definition) is 2. The highest BCUT2D eigenvalue weighted by Crippen LogP contribution is 2.31. The van der Waals surface area contributed by atoms with Gasteiger partial charge in [-0.2, -0.15) is 8.78 Å². The van der Waals surface area contributed by atoms with Gasteiger partial charge in [0, 0.05) is 11.6 Å². The first-order chi connectivity index (χ1) is 8.13. The van der Waals surface area contributed by atoms with E-state index in [0.717, 1.165) is 12.8 Å². The Hall–Kier alpha value is -1.00. The van der Waals surface area contributed by atoms with Crippen molar-refractivity contribution in [2.75, 3.05) is 19.7 Å². The van der Waals surface area contributed by atoms with E-state index in [4.69, 9.17) is 5.11 Å². The van der Waals surface area contributed by atoms with Crippen LogP contribution in [0.5, 0.6) is 0 Å². The topological polar surface area (TPSA) is 23.5 Å². The summed E-state index contributed by atoms with van der Waals surface area (Å²) in [5, 5.41) is 9.12. The van der Waals surface area contributed by atoms with Crippen LogP contribution in [0.1, 0.15) is 18.4 Å². The van der Waals surface area contributed by atoms with E-state index in [-0.39, 0.29) is 24.8 Å². The largest absolute Gasteiger partial charge is 0.395 e. The van der Waals surface area contributed by atoms with Gasteiger partial charge < -0.3 is 5.11 Å². The van der Waals surface area contributed by atoms with Crippen LogP contribution in [0.25, 0.3) is 0 Å². The van der Waals surface area contributed by atoms with Gasteiger partial charge in [0.1, 0.15) is 0 Å². The summed E-state index contributed by atoms with van der Waals surface area (Å²) in [4.78, 5) is 1.69. The van der Waals surface area contributed by atoms with E-state index in [1.807, 2.05) is 0 Å². The quantitative estimate of drug-likeness (QED) is 0.873. The van der Waals surface area contributed by atoms with E-state index in [2.05, 4.69) is 0 Å². The maximum Gasteiger partial charge on any atom is 0.285 e. The molecule has 0 saturated carbocycles. The van der Waals surface area contributed by atoms with Crippen LogP contribution in [0, 0.1) is 0 Å². The molecule has 1 saturated heterocycles. The maximum absolute atomic E-state index is 14.0. The molecule has 17 heavy (non-hydrogen) atoms. The van der Waals surface area contributed by atoms with E-state index < -0.39 is 5.92 Å². The van der Waals surface area contributed by atoms with Gasteiger partial charge in [0.2, 0.25) is 0 Å². The zero-order chi connectivity index (χ0) is 12.3. The molecular formula is C13H17F2NO. The van der Waals surface area contributed by atoms with Gasteiger partial charge in [-0.15, -0.1) is 0 Å². The molecule has 0 aromatic heterocycles. The van der Waals surface area contributed by atoms with Crippen LogP contribution >= 0.6 is 0 Å². The monoisotopic (exact) mass is 241 g/mol. The maximum atomic E-state index is 14.0. The van der Waals surface area contributed by atoms with Gasteiger partial charge >= 0.3 is 0 Å². The van der Waals surface area contributed by atoms with Gasteiger partial charge in [0.15, 0.2) is 0 Å². The number of halogens is 2. The smallest absolute Gasteiger partial charge is 0.285 e. The standard InChI is InChI=1S/C13H17F2NO/c14-13(15,11-5-2-1-3-6-11)10-16-8-4-7-12(16)9-17/h1-3,5-6,12,17H,4,7-10H2/t12-/m1/s1. The summed E-state index contributed by atoms with van der Waals surface area (Å²) in [5.74, 6) is -2.85. The molecule has 0 spiro atoms. The molecular weight excluding hydrogens is 224 g/mol. The minimum absolute atomic E-state index is 0.0368. The second-order valence-electron chi connectivity index (χ2n) is 4.52. The lowest BCUT2D eigenvalue weighted by atomic mass is 10.1. The van der Waals surface area contributed by atoms with Crippen LogP contribution < -0.4 is 0 Å². The van der Waals surface area contributed by atoms with Gasteiger partial charge in [-0.05, 0) is 19.4 Å². The second kappa shape index (κ2) is 5.10. The second-order valence-corrected chi connectivity index (χ2v) is 4.52. The van der Waals surface area contributed by atoms with E-state index in [9.17, 15) is 8.78 Å².